The first-order chi connectivity index (χ1) is 15.3. The van der Waals surface area contributed by atoms with Gasteiger partial charge >= 0.3 is 5.97 Å². The predicted molar refractivity (Wildman–Crippen MR) is 130 cm³/mol. The average Bonchev–Trinajstić information content (AvgIpc) is 2.73. The van der Waals surface area contributed by atoms with E-state index in [2.05, 4.69) is 48.5 Å². The Hall–Kier alpha value is -0.570. The highest BCUT2D eigenvalue weighted by Crippen LogP contribution is 2.78. The molecule has 0 amide bonds. The molecule has 0 aromatic carbocycles. The van der Waals surface area contributed by atoms with Crippen LogP contribution in [-0.2, 0) is 9.53 Å². The van der Waals surface area contributed by atoms with Gasteiger partial charge < -0.3 is 9.84 Å². The Morgan fingerprint density at radius 2 is 1.48 bits per heavy atom. The highest BCUT2D eigenvalue weighted by atomic mass is 16.6. The molecule has 2 saturated heterocycles. The van der Waals surface area contributed by atoms with Gasteiger partial charge in [-0.1, -0.05) is 41.5 Å². The van der Waals surface area contributed by atoms with Crippen molar-refractivity contribution in [2.24, 2.45) is 56.7 Å². The second-order valence-corrected chi connectivity index (χ2v) is 15.2. The maximum Gasteiger partial charge on any atom is 0.312 e. The number of aliphatic hydroxyl groups is 1. The Labute approximate surface area is 201 Å². The Kier molecular flexibility index (Phi) is 4.44. The number of hydrogen-bond donors (Lipinski definition) is 1. The maximum absolute atomic E-state index is 13.4. The molecule has 7 aliphatic rings. The summed E-state index contributed by atoms with van der Waals surface area (Å²) in [5.41, 5.74) is 0.485. The predicted octanol–water partition coefficient (Wildman–Crippen LogP) is 6.76. The van der Waals surface area contributed by atoms with Crippen LogP contribution in [0.15, 0.2) is 0 Å². The number of rotatable bonds is 0. The fourth-order valence-electron chi connectivity index (χ4n) is 12.0. The third-order valence-corrected chi connectivity index (χ3v) is 14.4. The van der Waals surface area contributed by atoms with E-state index in [4.69, 9.17) is 4.74 Å². The van der Waals surface area contributed by atoms with Gasteiger partial charge in [0.2, 0.25) is 0 Å². The van der Waals surface area contributed by atoms with E-state index < -0.39 is 0 Å². The molecule has 186 valence electrons. The van der Waals surface area contributed by atoms with E-state index in [1.165, 1.54) is 38.5 Å². The normalized spacial score (nSPS) is 61.3. The molecular weight excluding hydrogens is 408 g/mol. The summed E-state index contributed by atoms with van der Waals surface area (Å²) in [5.74, 6) is 3.07. The molecule has 7 rings (SSSR count). The van der Waals surface area contributed by atoms with Crippen LogP contribution in [0.3, 0.4) is 0 Å². The van der Waals surface area contributed by atoms with Crippen molar-refractivity contribution in [3.63, 3.8) is 0 Å². The third-order valence-electron chi connectivity index (χ3n) is 14.4. The molecule has 11 atom stereocenters. The molecule has 0 aromatic rings. The lowest BCUT2D eigenvalue weighted by Gasteiger charge is -2.75. The van der Waals surface area contributed by atoms with Crippen LogP contribution in [0.25, 0.3) is 0 Å². The van der Waals surface area contributed by atoms with Crippen molar-refractivity contribution in [3.05, 3.63) is 0 Å². The van der Waals surface area contributed by atoms with Gasteiger partial charge in [-0.25, -0.2) is 0 Å². The molecule has 3 heteroatoms. The summed E-state index contributed by atoms with van der Waals surface area (Å²) in [6, 6.07) is 0. The summed E-state index contributed by atoms with van der Waals surface area (Å²) in [6.45, 7) is 17.2. The zero-order valence-electron chi connectivity index (χ0n) is 22.3. The van der Waals surface area contributed by atoms with Crippen LogP contribution in [0, 0.1) is 56.7 Å². The highest BCUT2D eigenvalue weighted by molar-refractivity contribution is 5.80. The molecule has 2 aliphatic heterocycles. The topological polar surface area (TPSA) is 46.5 Å². The summed E-state index contributed by atoms with van der Waals surface area (Å²) in [4.78, 5) is 13.4. The lowest BCUT2D eigenvalue weighted by molar-refractivity contribution is -0.289. The van der Waals surface area contributed by atoms with Crippen molar-refractivity contribution in [3.8, 4) is 0 Å². The van der Waals surface area contributed by atoms with Gasteiger partial charge in [0, 0.05) is 0 Å². The van der Waals surface area contributed by atoms with E-state index in [0.717, 1.165) is 31.6 Å². The van der Waals surface area contributed by atoms with Gasteiger partial charge in [-0.3, -0.25) is 4.79 Å². The molecule has 0 unspecified atom stereocenters. The number of ether oxygens (including phenoxy) is 1. The van der Waals surface area contributed by atoms with Crippen LogP contribution < -0.4 is 0 Å². The average molecular weight is 457 g/mol. The number of esters is 1. The minimum absolute atomic E-state index is 0.0120. The van der Waals surface area contributed by atoms with Crippen LogP contribution in [-0.4, -0.2) is 22.8 Å². The fourth-order valence-corrected chi connectivity index (χ4v) is 12.0. The Morgan fingerprint density at radius 3 is 2.18 bits per heavy atom. The first-order valence-corrected chi connectivity index (χ1v) is 14.2. The molecule has 33 heavy (non-hydrogen) atoms. The van der Waals surface area contributed by atoms with E-state index >= 15 is 0 Å². The molecule has 1 spiro atoms. The number of hydrogen-bond acceptors (Lipinski definition) is 3. The summed E-state index contributed by atoms with van der Waals surface area (Å²) in [5, 5.41) is 10.9. The molecule has 0 aromatic heterocycles. The summed E-state index contributed by atoms with van der Waals surface area (Å²) < 4.78 is 6.15. The van der Waals surface area contributed by atoms with Gasteiger partial charge in [0.15, 0.2) is 0 Å². The summed E-state index contributed by atoms with van der Waals surface area (Å²) in [6.07, 6.45) is 11.4. The van der Waals surface area contributed by atoms with Gasteiger partial charge in [0.25, 0.3) is 0 Å². The SMILES string of the molecule is C[C@H]1[C@H]2[C@H]3CC[C@@H]4[C@@]5(C)CC[C@H](O)C(C)(C)[C@H]5CC[C@@]4(C)[C@]3(C)CC[C@@]23CC[C@]1(C)OC3=O. The molecule has 2 bridgehead atoms. The molecule has 7 fully saturated rings. The van der Waals surface area contributed by atoms with Crippen LogP contribution in [0.5, 0.6) is 0 Å². The zero-order valence-corrected chi connectivity index (χ0v) is 22.3. The zero-order chi connectivity index (χ0) is 23.8. The highest BCUT2D eigenvalue weighted by Gasteiger charge is 2.74. The van der Waals surface area contributed by atoms with Crippen LogP contribution in [0.1, 0.15) is 113 Å². The van der Waals surface area contributed by atoms with Gasteiger partial charge in [-0.15, -0.1) is 0 Å². The first kappa shape index (κ1) is 22.9. The van der Waals surface area contributed by atoms with Crippen LogP contribution >= 0.6 is 0 Å². The van der Waals surface area contributed by atoms with Crippen LogP contribution in [0.2, 0.25) is 0 Å². The largest absolute Gasteiger partial charge is 0.459 e. The van der Waals surface area contributed by atoms with E-state index in [1.807, 2.05) is 0 Å². The van der Waals surface area contributed by atoms with Crippen molar-refractivity contribution < 1.29 is 14.6 Å². The number of aliphatic hydroxyl groups excluding tert-OH is 1. The van der Waals surface area contributed by atoms with Crippen molar-refractivity contribution in [1.29, 1.82) is 0 Å². The van der Waals surface area contributed by atoms with Gasteiger partial charge in [0.05, 0.1) is 11.5 Å². The van der Waals surface area contributed by atoms with Crippen molar-refractivity contribution in [2.45, 2.75) is 124 Å². The van der Waals surface area contributed by atoms with Gasteiger partial charge in [-0.2, -0.15) is 0 Å². The monoisotopic (exact) mass is 456 g/mol. The Morgan fingerprint density at radius 1 is 0.788 bits per heavy atom. The van der Waals surface area contributed by atoms with Crippen molar-refractivity contribution in [2.75, 3.05) is 0 Å². The summed E-state index contributed by atoms with van der Waals surface area (Å²) in [7, 11) is 0. The number of carbonyl (C=O) groups is 1. The van der Waals surface area contributed by atoms with Crippen molar-refractivity contribution in [1.82, 2.24) is 0 Å². The van der Waals surface area contributed by atoms with Gasteiger partial charge in [-0.05, 0) is 122 Å². The van der Waals surface area contributed by atoms with E-state index in [1.54, 1.807) is 0 Å². The minimum Gasteiger partial charge on any atom is -0.459 e. The van der Waals surface area contributed by atoms with Crippen molar-refractivity contribution >= 4 is 5.97 Å². The first-order valence-electron chi connectivity index (χ1n) is 14.2. The van der Waals surface area contributed by atoms with Crippen LogP contribution in [0.4, 0.5) is 0 Å². The molecule has 5 aliphatic carbocycles. The molecule has 5 saturated carbocycles. The quantitative estimate of drug-likeness (QED) is 0.409. The molecule has 1 N–H and O–H groups in total. The maximum atomic E-state index is 13.4. The number of carbonyl (C=O) groups excluding carboxylic acids is 1. The summed E-state index contributed by atoms with van der Waals surface area (Å²) >= 11 is 0. The smallest absolute Gasteiger partial charge is 0.312 e. The van der Waals surface area contributed by atoms with E-state index in [9.17, 15) is 9.90 Å². The Balaban J connectivity index is 1.41. The number of fused-ring (bicyclic) bond motifs is 7. The minimum atomic E-state index is -0.257. The molecule has 3 nitrogen and oxygen atoms in total. The molecular formula is C30H48O3. The second-order valence-electron chi connectivity index (χ2n) is 15.2. The Bertz CT molecular complexity index is 880. The van der Waals surface area contributed by atoms with Gasteiger partial charge in [0.1, 0.15) is 5.60 Å². The second kappa shape index (κ2) is 6.40. The standard InChI is InChI=1S/C30H48O3/c1-18-23-19-8-9-21-26(4)12-11-22(31)25(2,3)20(26)10-13-28(21,6)27(19,5)14-16-30(23)17-15-29(18,7)33-24(30)32/h18-23,31H,8-17H2,1-7H3/t18-,19+,20+,21+,22-,23-,26-,27+,28+,29-,30+/m0/s1. The fraction of sp³-hybridized carbons (Fsp3) is 0.967. The third kappa shape index (κ3) is 2.40. The molecule has 0 radical (unpaired) electrons. The van der Waals surface area contributed by atoms with E-state index in [0.29, 0.717) is 39.9 Å². The molecule has 2 heterocycles. The van der Waals surface area contributed by atoms with E-state index in [-0.39, 0.29) is 28.5 Å². The lowest BCUT2D eigenvalue weighted by Crippen LogP contribution is -2.72. The lowest BCUT2D eigenvalue weighted by atomic mass is 9.30.